The minimum Gasteiger partial charge on any atom is -0.370 e. The van der Waals surface area contributed by atoms with Gasteiger partial charge in [0.15, 0.2) is 0 Å². The maximum absolute atomic E-state index is 11.7. The molecule has 6 nitrogen and oxygen atoms in total. The number of para-hydroxylation sites is 2. The molecule has 2 heterocycles. The van der Waals surface area contributed by atoms with Crippen LogP contribution >= 0.6 is 0 Å². The summed E-state index contributed by atoms with van der Waals surface area (Å²) < 4.78 is 1.75. The molecular formula is C27H26N4O2. The van der Waals surface area contributed by atoms with Crippen LogP contribution < -0.4 is 5.32 Å². The van der Waals surface area contributed by atoms with E-state index in [1.165, 1.54) is 22.8 Å². The van der Waals surface area contributed by atoms with Gasteiger partial charge in [-0.1, -0.05) is 72.8 Å². The Balaban J connectivity index is 1.63. The van der Waals surface area contributed by atoms with Gasteiger partial charge in [0.2, 0.25) is 0 Å². The van der Waals surface area contributed by atoms with Crippen molar-refractivity contribution < 1.29 is 4.92 Å². The number of nitrogens with one attached hydrogen (secondary N) is 1. The highest BCUT2D eigenvalue weighted by molar-refractivity contribution is 5.60. The monoisotopic (exact) mass is 438 g/mol. The number of fused-ring (bicyclic) bond motifs is 1. The Labute approximate surface area is 193 Å². The first kappa shape index (κ1) is 20.9. The van der Waals surface area contributed by atoms with Gasteiger partial charge in [-0.2, -0.15) is 5.10 Å². The van der Waals surface area contributed by atoms with Crippen molar-refractivity contribution in [1.82, 2.24) is 9.78 Å². The summed E-state index contributed by atoms with van der Waals surface area (Å²) in [6.45, 7) is 0.833. The summed E-state index contributed by atoms with van der Waals surface area (Å²) in [5.41, 5.74) is 5.19. The highest BCUT2D eigenvalue weighted by Crippen LogP contribution is 2.35. The third-order valence-electron chi connectivity index (χ3n) is 6.32. The summed E-state index contributed by atoms with van der Waals surface area (Å²) in [5, 5.41) is 20.2. The van der Waals surface area contributed by atoms with E-state index in [1.54, 1.807) is 16.8 Å². The second-order valence-electron chi connectivity index (χ2n) is 8.39. The Kier molecular flexibility index (Phi) is 5.89. The Hall–Kier alpha value is -3.93. The van der Waals surface area contributed by atoms with Gasteiger partial charge in [-0.05, 0) is 36.5 Å². The van der Waals surface area contributed by atoms with Crippen molar-refractivity contribution >= 4 is 11.5 Å². The van der Waals surface area contributed by atoms with E-state index in [2.05, 4.69) is 53.8 Å². The minimum atomic E-state index is -0.337. The molecule has 0 atom stereocenters. The van der Waals surface area contributed by atoms with Crippen LogP contribution in [-0.2, 0) is 12.8 Å². The summed E-state index contributed by atoms with van der Waals surface area (Å²) in [5.74, 6) is 1.03. The number of rotatable bonds is 6. The lowest BCUT2D eigenvalue weighted by atomic mass is 9.86. The third-order valence-corrected chi connectivity index (χ3v) is 6.32. The normalized spacial score (nSPS) is 13.2. The van der Waals surface area contributed by atoms with E-state index >= 15 is 0 Å². The second kappa shape index (κ2) is 9.28. The molecule has 0 spiro atoms. The summed E-state index contributed by atoms with van der Waals surface area (Å²) in [7, 11) is 0. The Bertz CT molecular complexity index is 1210. The molecule has 0 fully saturated rings. The summed E-state index contributed by atoms with van der Waals surface area (Å²) in [6.07, 6.45) is 3.77. The van der Waals surface area contributed by atoms with Gasteiger partial charge in [-0.15, -0.1) is 0 Å². The Morgan fingerprint density at radius 3 is 2.21 bits per heavy atom. The van der Waals surface area contributed by atoms with Crippen LogP contribution in [0.1, 0.15) is 41.1 Å². The molecule has 0 saturated carbocycles. The fourth-order valence-corrected chi connectivity index (χ4v) is 4.70. The fourth-order valence-electron chi connectivity index (χ4n) is 4.70. The number of hydrogen-bond donors (Lipinski definition) is 1. The zero-order valence-electron chi connectivity index (χ0n) is 18.4. The van der Waals surface area contributed by atoms with Crippen LogP contribution in [0.4, 0.5) is 11.5 Å². The maximum atomic E-state index is 11.7. The number of aromatic nitrogens is 2. The van der Waals surface area contributed by atoms with Gasteiger partial charge in [0.1, 0.15) is 11.5 Å². The second-order valence-corrected chi connectivity index (χ2v) is 8.39. The van der Waals surface area contributed by atoms with E-state index in [9.17, 15) is 10.1 Å². The van der Waals surface area contributed by atoms with Crippen molar-refractivity contribution in [2.24, 2.45) is 0 Å². The molecular weight excluding hydrogens is 412 g/mol. The molecule has 0 unspecified atom stereocenters. The molecule has 1 aliphatic heterocycles. The average Bonchev–Trinajstić information content (AvgIpc) is 3.02. The maximum Gasteiger partial charge on any atom is 0.294 e. The van der Waals surface area contributed by atoms with Crippen LogP contribution in [0.2, 0.25) is 0 Å². The molecule has 0 radical (unpaired) electrons. The van der Waals surface area contributed by atoms with Gasteiger partial charge >= 0.3 is 0 Å². The largest absolute Gasteiger partial charge is 0.370 e. The fraction of sp³-hybridized carbons (Fsp3) is 0.222. The summed E-state index contributed by atoms with van der Waals surface area (Å²) >= 11 is 0. The molecule has 166 valence electrons. The summed E-state index contributed by atoms with van der Waals surface area (Å²) in [4.78, 5) is 11.4. The molecule has 1 N–H and O–H groups in total. The lowest BCUT2D eigenvalue weighted by molar-refractivity contribution is -0.384. The number of hydrogen-bond acceptors (Lipinski definition) is 4. The van der Waals surface area contributed by atoms with Gasteiger partial charge < -0.3 is 5.32 Å². The van der Waals surface area contributed by atoms with Crippen molar-refractivity contribution in [3.8, 4) is 5.69 Å². The molecule has 6 heteroatoms. The first-order valence-electron chi connectivity index (χ1n) is 11.4. The van der Waals surface area contributed by atoms with E-state index < -0.39 is 0 Å². The van der Waals surface area contributed by atoms with Gasteiger partial charge in [0, 0.05) is 30.5 Å². The van der Waals surface area contributed by atoms with Crippen molar-refractivity contribution in [1.29, 1.82) is 0 Å². The Morgan fingerprint density at radius 1 is 0.909 bits per heavy atom. The number of nitrogens with zero attached hydrogens (tertiary/aromatic N) is 3. The van der Waals surface area contributed by atoms with E-state index in [0.29, 0.717) is 5.69 Å². The molecule has 0 aliphatic carbocycles. The van der Waals surface area contributed by atoms with Crippen LogP contribution in [0.5, 0.6) is 0 Å². The van der Waals surface area contributed by atoms with Gasteiger partial charge in [-0.25, -0.2) is 4.68 Å². The lowest BCUT2D eigenvalue weighted by Crippen LogP contribution is -2.09. The van der Waals surface area contributed by atoms with Crippen LogP contribution in [0.3, 0.4) is 0 Å². The van der Waals surface area contributed by atoms with Crippen molar-refractivity contribution in [2.45, 2.75) is 31.6 Å². The highest BCUT2D eigenvalue weighted by Gasteiger charge is 2.27. The molecule has 0 saturated heterocycles. The molecule has 5 rings (SSSR count). The van der Waals surface area contributed by atoms with Gasteiger partial charge in [0.25, 0.3) is 5.69 Å². The van der Waals surface area contributed by atoms with Gasteiger partial charge in [0.05, 0.1) is 10.6 Å². The quantitative estimate of drug-likeness (QED) is 0.300. The number of benzene rings is 3. The minimum absolute atomic E-state index is 0.0584. The molecule has 0 bridgehead atoms. The van der Waals surface area contributed by atoms with Crippen molar-refractivity contribution in [3.63, 3.8) is 0 Å². The molecule has 33 heavy (non-hydrogen) atoms. The SMILES string of the molecule is O=[N+]([O-])c1ccccc1-n1nc(CC(c2ccccc2)c2ccccc2)c2c1NCCCC2. The first-order chi connectivity index (χ1) is 16.2. The smallest absolute Gasteiger partial charge is 0.294 e. The molecule has 1 aromatic heterocycles. The van der Waals surface area contributed by atoms with E-state index in [0.717, 1.165) is 43.7 Å². The lowest BCUT2D eigenvalue weighted by Gasteiger charge is -2.18. The van der Waals surface area contributed by atoms with Crippen molar-refractivity contribution in [3.05, 3.63) is 117 Å². The third kappa shape index (κ3) is 4.24. The number of nitro benzene ring substituents is 1. The summed E-state index contributed by atoms with van der Waals surface area (Å²) in [6, 6.07) is 27.8. The van der Waals surface area contributed by atoms with Crippen LogP contribution in [0.15, 0.2) is 84.9 Å². The average molecular weight is 439 g/mol. The Morgan fingerprint density at radius 2 is 1.55 bits per heavy atom. The predicted octanol–water partition coefficient (Wildman–Crippen LogP) is 5.90. The van der Waals surface area contributed by atoms with Crippen LogP contribution in [0.25, 0.3) is 5.69 Å². The van der Waals surface area contributed by atoms with E-state index in [4.69, 9.17) is 5.10 Å². The zero-order chi connectivity index (χ0) is 22.6. The number of nitro groups is 1. The molecule has 4 aromatic rings. The van der Waals surface area contributed by atoms with E-state index in [1.807, 2.05) is 18.2 Å². The number of anilines is 1. The topological polar surface area (TPSA) is 73.0 Å². The standard InChI is InChI=1S/C27H26N4O2/c32-31(33)26-17-8-7-16-25(26)30-27-22(15-9-10-18-28-27)24(29-30)19-23(20-11-3-1-4-12-20)21-13-5-2-6-14-21/h1-8,11-14,16-17,23,28H,9-10,15,18-19H2. The zero-order valence-corrected chi connectivity index (χ0v) is 18.4. The molecule has 1 aliphatic rings. The van der Waals surface area contributed by atoms with Crippen LogP contribution in [-0.4, -0.2) is 21.2 Å². The van der Waals surface area contributed by atoms with Crippen molar-refractivity contribution in [2.75, 3.05) is 11.9 Å². The van der Waals surface area contributed by atoms with Gasteiger partial charge in [-0.3, -0.25) is 10.1 Å². The van der Waals surface area contributed by atoms with Crippen LogP contribution in [0, 0.1) is 10.1 Å². The highest BCUT2D eigenvalue weighted by atomic mass is 16.6. The molecule has 3 aromatic carbocycles. The van der Waals surface area contributed by atoms with E-state index in [-0.39, 0.29) is 16.5 Å². The predicted molar refractivity (Wildman–Crippen MR) is 130 cm³/mol. The first-order valence-corrected chi connectivity index (χ1v) is 11.4. The molecule has 0 amide bonds.